The lowest BCUT2D eigenvalue weighted by Crippen LogP contribution is -2.27. The van der Waals surface area contributed by atoms with E-state index in [0.29, 0.717) is 0 Å². The molecule has 0 aliphatic rings. The van der Waals surface area contributed by atoms with Gasteiger partial charge in [0.05, 0.1) is 12.3 Å². The molecule has 1 aromatic carbocycles. The van der Waals surface area contributed by atoms with Gasteiger partial charge in [-0.2, -0.15) is 0 Å². The molecule has 0 bridgehead atoms. The second-order valence-corrected chi connectivity index (χ2v) is 4.65. The smallest absolute Gasteiger partial charge is 0.0641 e. The maximum Gasteiger partial charge on any atom is 0.0641 e. The molecule has 0 fully saturated rings. The van der Waals surface area contributed by atoms with Gasteiger partial charge in [0.1, 0.15) is 0 Å². The molecule has 1 rings (SSSR count). The van der Waals surface area contributed by atoms with Gasteiger partial charge in [0, 0.05) is 29.0 Å². The number of nitrogens with two attached hydrogens (primary N) is 1. The van der Waals surface area contributed by atoms with E-state index in [4.69, 9.17) is 10.5 Å². The molecule has 90 valence electrons. The van der Waals surface area contributed by atoms with Crippen molar-refractivity contribution in [3.05, 3.63) is 21.8 Å². The van der Waals surface area contributed by atoms with E-state index in [9.17, 15) is 0 Å². The fourth-order valence-corrected chi connectivity index (χ4v) is 2.43. The number of rotatable bonds is 6. The molecule has 0 atom stereocenters. The van der Waals surface area contributed by atoms with E-state index in [1.165, 1.54) is 9.26 Å². The molecule has 0 radical (unpaired) electrons. The van der Waals surface area contributed by atoms with Gasteiger partial charge in [-0.15, -0.1) is 0 Å². The summed E-state index contributed by atoms with van der Waals surface area (Å²) in [7, 11) is 0. The van der Waals surface area contributed by atoms with Gasteiger partial charge in [-0.3, -0.25) is 0 Å². The van der Waals surface area contributed by atoms with Crippen LogP contribution < -0.4 is 10.6 Å². The number of hydrogen-bond acceptors (Lipinski definition) is 3. The van der Waals surface area contributed by atoms with Gasteiger partial charge >= 0.3 is 0 Å². The van der Waals surface area contributed by atoms with Crippen LogP contribution in [0.25, 0.3) is 0 Å². The summed E-state index contributed by atoms with van der Waals surface area (Å²) in [4.78, 5) is 2.30. The van der Waals surface area contributed by atoms with Gasteiger partial charge in [-0.05, 0) is 54.6 Å². The molecule has 0 aliphatic heterocycles. The average Bonchev–Trinajstić information content (AvgIpc) is 2.26. The van der Waals surface area contributed by atoms with Crippen LogP contribution in [-0.2, 0) is 4.74 Å². The number of anilines is 2. The monoisotopic (exact) mass is 334 g/mol. The lowest BCUT2D eigenvalue weighted by atomic mass is 10.2. The summed E-state index contributed by atoms with van der Waals surface area (Å²) in [6.45, 7) is 7.61. The second-order valence-electron chi connectivity index (χ2n) is 3.49. The van der Waals surface area contributed by atoms with Crippen molar-refractivity contribution in [2.75, 3.05) is 36.9 Å². The van der Waals surface area contributed by atoms with E-state index in [-0.39, 0.29) is 0 Å². The van der Waals surface area contributed by atoms with E-state index in [0.717, 1.165) is 32.0 Å². The third-order valence-electron chi connectivity index (χ3n) is 2.40. The summed E-state index contributed by atoms with van der Waals surface area (Å²) in [5.41, 5.74) is 7.79. The van der Waals surface area contributed by atoms with E-state index >= 15 is 0 Å². The first-order chi connectivity index (χ1) is 7.69. The van der Waals surface area contributed by atoms with Crippen molar-refractivity contribution in [1.29, 1.82) is 0 Å². The highest BCUT2D eigenvalue weighted by atomic mass is 127. The Hall–Kier alpha value is -0.490. The topological polar surface area (TPSA) is 38.5 Å². The minimum Gasteiger partial charge on any atom is -0.399 e. The predicted molar refractivity (Wildman–Crippen MR) is 78.0 cm³/mol. The fourth-order valence-electron chi connectivity index (χ4n) is 1.55. The number of nitrogen functional groups attached to an aromatic ring is 1. The zero-order chi connectivity index (χ0) is 12.0. The summed E-state index contributed by atoms with van der Waals surface area (Å²) in [6.07, 6.45) is 0. The van der Waals surface area contributed by atoms with E-state index in [1.807, 2.05) is 19.1 Å². The molecule has 4 heteroatoms. The molecular formula is C12H19IN2O. The Balaban J connectivity index is 2.70. The van der Waals surface area contributed by atoms with Crippen LogP contribution in [-0.4, -0.2) is 26.3 Å². The lowest BCUT2D eigenvalue weighted by molar-refractivity contribution is 0.154. The first kappa shape index (κ1) is 13.6. The van der Waals surface area contributed by atoms with Crippen LogP contribution in [0.1, 0.15) is 13.8 Å². The van der Waals surface area contributed by atoms with Gasteiger partial charge in [0.15, 0.2) is 0 Å². The molecule has 0 amide bonds. The van der Waals surface area contributed by atoms with Crippen LogP contribution in [0.15, 0.2) is 18.2 Å². The van der Waals surface area contributed by atoms with Crippen molar-refractivity contribution < 1.29 is 4.74 Å². The number of hydrogen-bond donors (Lipinski definition) is 1. The first-order valence-corrected chi connectivity index (χ1v) is 6.64. The van der Waals surface area contributed by atoms with Gasteiger partial charge in [-0.1, -0.05) is 0 Å². The highest BCUT2D eigenvalue weighted by molar-refractivity contribution is 14.1. The quantitative estimate of drug-likeness (QED) is 0.494. The van der Waals surface area contributed by atoms with Gasteiger partial charge in [0.2, 0.25) is 0 Å². The van der Waals surface area contributed by atoms with Crippen LogP contribution in [0, 0.1) is 3.57 Å². The summed E-state index contributed by atoms with van der Waals surface area (Å²) in [5.74, 6) is 0. The summed E-state index contributed by atoms with van der Waals surface area (Å²) in [6, 6.07) is 6.02. The molecular weight excluding hydrogens is 315 g/mol. The minimum absolute atomic E-state index is 0.769. The number of likely N-dealkylation sites (N-methyl/N-ethyl adjacent to an activating group) is 1. The van der Waals surface area contributed by atoms with E-state index in [1.54, 1.807) is 0 Å². The fraction of sp³-hybridized carbons (Fsp3) is 0.500. The molecule has 16 heavy (non-hydrogen) atoms. The highest BCUT2D eigenvalue weighted by Gasteiger charge is 2.07. The van der Waals surface area contributed by atoms with Crippen LogP contribution in [0.4, 0.5) is 11.4 Å². The van der Waals surface area contributed by atoms with Crippen LogP contribution in [0.5, 0.6) is 0 Å². The predicted octanol–water partition coefficient (Wildman–Crippen LogP) is 2.74. The second kappa shape index (κ2) is 6.96. The van der Waals surface area contributed by atoms with Crippen molar-refractivity contribution >= 4 is 34.0 Å². The first-order valence-electron chi connectivity index (χ1n) is 5.56. The molecule has 0 spiro atoms. The number of ether oxygens (including phenoxy) is 1. The van der Waals surface area contributed by atoms with E-state index < -0.39 is 0 Å². The maximum absolute atomic E-state index is 5.74. The normalized spacial score (nSPS) is 10.4. The number of halogens is 1. The third kappa shape index (κ3) is 3.83. The highest BCUT2D eigenvalue weighted by Crippen LogP contribution is 2.24. The Morgan fingerprint density at radius 3 is 2.69 bits per heavy atom. The third-order valence-corrected chi connectivity index (χ3v) is 3.27. The van der Waals surface area contributed by atoms with Crippen molar-refractivity contribution in [3.8, 4) is 0 Å². The molecule has 0 aromatic heterocycles. The average molecular weight is 334 g/mol. The number of benzene rings is 1. The van der Waals surface area contributed by atoms with Crippen molar-refractivity contribution in [1.82, 2.24) is 0 Å². The van der Waals surface area contributed by atoms with Crippen molar-refractivity contribution in [2.24, 2.45) is 0 Å². The molecule has 0 saturated carbocycles. The van der Waals surface area contributed by atoms with Crippen LogP contribution >= 0.6 is 22.6 Å². The minimum atomic E-state index is 0.769. The standard InChI is InChI=1S/C12H19IN2O/c1-3-15(7-8-16-4-2)12-6-5-10(14)9-11(12)13/h5-6,9H,3-4,7-8,14H2,1-2H3. The van der Waals surface area contributed by atoms with Crippen LogP contribution in [0.3, 0.4) is 0 Å². The maximum atomic E-state index is 5.74. The van der Waals surface area contributed by atoms with E-state index in [2.05, 4.69) is 40.5 Å². The van der Waals surface area contributed by atoms with Crippen molar-refractivity contribution in [3.63, 3.8) is 0 Å². The van der Waals surface area contributed by atoms with Gasteiger partial charge in [0.25, 0.3) is 0 Å². The molecule has 3 nitrogen and oxygen atoms in total. The zero-order valence-electron chi connectivity index (χ0n) is 9.87. The summed E-state index contributed by atoms with van der Waals surface area (Å²) in [5, 5.41) is 0. The van der Waals surface area contributed by atoms with Crippen molar-refractivity contribution in [2.45, 2.75) is 13.8 Å². The molecule has 0 heterocycles. The Morgan fingerprint density at radius 2 is 2.12 bits per heavy atom. The van der Waals surface area contributed by atoms with Crippen LogP contribution in [0.2, 0.25) is 0 Å². The Bertz CT molecular complexity index is 331. The SMILES string of the molecule is CCOCCN(CC)c1ccc(N)cc1I. The summed E-state index contributed by atoms with van der Waals surface area (Å²) >= 11 is 2.32. The Kier molecular flexibility index (Phi) is 5.90. The lowest BCUT2D eigenvalue weighted by Gasteiger charge is -2.24. The summed E-state index contributed by atoms with van der Waals surface area (Å²) < 4.78 is 6.57. The molecule has 0 aliphatic carbocycles. The number of nitrogens with zero attached hydrogens (tertiary/aromatic N) is 1. The Labute approximate surface area is 111 Å². The largest absolute Gasteiger partial charge is 0.399 e. The van der Waals surface area contributed by atoms with Gasteiger partial charge < -0.3 is 15.4 Å². The molecule has 1 aromatic rings. The zero-order valence-corrected chi connectivity index (χ0v) is 12.0. The molecule has 0 saturated heterocycles. The van der Waals surface area contributed by atoms with Gasteiger partial charge in [-0.25, -0.2) is 0 Å². The molecule has 2 N–H and O–H groups in total. The molecule has 0 unspecified atom stereocenters. The Morgan fingerprint density at radius 1 is 1.38 bits per heavy atom.